The van der Waals surface area contributed by atoms with Gasteiger partial charge >= 0.3 is 0 Å². The van der Waals surface area contributed by atoms with E-state index < -0.39 is 5.91 Å². The number of anilines is 1. The van der Waals surface area contributed by atoms with Crippen LogP contribution in [0, 0.1) is 13.8 Å². The molecule has 0 spiro atoms. The molecule has 0 aliphatic carbocycles. The van der Waals surface area contributed by atoms with Crippen LogP contribution in [-0.4, -0.2) is 27.3 Å². The number of nitrogens with zero attached hydrogens (tertiary/aromatic N) is 2. The molecule has 3 rings (SSSR count). The molecule has 3 N–H and O–H groups in total. The molecule has 0 saturated heterocycles. The molecule has 27 heavy (non-hydrogen) atoms. The number of nitrogens with two attached hydrogens (primary N) is 1. The summed E-state index contributed by atoms with van der Waals surface area (Å²) in [6, 6.07) is 15.2. The molecule has 0 aliphatic rings. The summed E-state index contributed by atoms with van der Waals surface area (Å²) in [5.41, 5.74) is 9.11. The maximum Gasteiger partial charge on any atom is 0.259 e. The minimum absolute atomic E-state index is 0.150. The summed E-state index contributed by atoms with van der Waals surface area (Å²) >= 11 is 1.29. The number of rotatable bonds is 6. The summed E-state index contributed by atoms with van der Waals surface area (Å²) in [4.78, 5) is 24.6. The summed E-state index contributed by atoms with van der Waals surface area (Å²) in [7, 11) is 0. The molecule has 138 valence electrons. The zero-order chi connectivity index (χ0) is 19.4. The van der Waals surface area contributed by atoms with Gasteiger partial charge in [-0.1, -0.05) is 30.3 Å². The van der Waals surface area contributed by atoms with Crippen molar-refractivity contribution in [3.63, 3.8) is 0 Å². The summed E-state index contributed by atoms with van der Waals surface area (Å²) in [6.07, 6.45) is 1.57. The molecule has 0 radical (unpaired) electrons. The lowest BCUT2D eigenvalue weighted by atomic mass is 10.2. The number of hydrogen-bond acceptors (Lipinski definition) is 4. The normalized spacial score (nSPS) is 10.6. The maximum atomic E-state index is 12.8. The lowest BCUT2D eigenvalue weighted by molar-refractivity contribution is -0.115. The third kappa shape index (κ3) is 4.20. The van der Waals surface area contributed by atoms with Crippen molar-refractivity contribution in [2.45, 2.75) is 18.7 Å². The maximum absolute atomic E-state index is 12.8. The summed E-state index contributed by atoms with van der Waals surface area (Å²) in [6.45, 7) is 3.87. The summed E-state index contributed by atoms with van der Waals surface area (Å²) in [5, 5.41) is 7.29. The third-order valence-corrected chi connectivity index (χ3v) is 5.20. The molecular formula is C20H20N4O2S. The quantitative estimate of drug-likeness (QED) is 0.642. The molecular weight excluding hydrogens is 360 g/mol. The van der Waals surface area contributed by atoms with E-state index in [4.69, 9.17) is 5.73 Å². The van der Waals surface area contributed by atoms with Gasteiger partial charge in [-0.05, 0) is 37.6 Å². The molecule has 0 atom stereocenters. The first-order valence-electron chi connectivity index (χ1n) is 8.39. The van der Waals surface area contributed by atoms with Crippen molar-refractivity contribution in [2.75, 3.05) is 11.1 Å². The monoisotopic (exact) mass is 380 g/mol. The van der Waals surface area contributed by atoms with Crippen molar-refractivity contribution in [3.8, 4) is 5.69 Å². The number of aromatic nitrogens is 2. The van der Waals surface area contributed by atoms with Crippen LogP contribution in [0.4, 0.5) is 5.69 Å². The van der Waals surface area contributed by atoms with Gasteiger partial charge < -0.3 is 11.1 Å². The SMILES string of the molecule is Cc1ccccc1-n1ncc(C(=O)Nc2ccccc2SCC(N)=O)c1C. The lowest BCUT2D eigenvalue weighted by Crippen LogP contribution is -2.15. The van der Waals surface area contributed by atoms with Crippen LogP contribution in [0.2, 0.25) is 0 Å². The van der Waals surface area contributed by atoms with Gasteiger partial charge in [-0.15, -0.1) is 11.8 Å². The van der Waals surface area contributed by atoms with Gasteiger partial charge in [-0.25, -0.2) is 4.68 Å². The Kier molecular flexibility index (Phi) is 5.61. The van der Waals surface area contributed by atoms with E-state index in [1.807, 2.05) is 56.3 Å². The lowest BCUT2D eigenvalue weighted by Gasteiger charge is -2.11. The highest BCUT2D eigenvalue weighted by molar-refractivity contribution is 8.00. The van der Waals surface area contributed by atoms with Crippen LogP contribution in [0.3, 0.4) is 0 Å². The highest BCUT2D eigenvalue weighted by atomic mass is 32.2. The van der Waals surface area contributed by atoms with E-state index in [0.29, 0.717) is 11.3 Å². The molecule has 1 aromatic heterocycles. The van der Waals surface area contributed by atoms with Crippen LogP contribution in [0.15, 0.2) is 59.6 Å². The van der Waals surface area contributed by atoms with Crippen molar-refractivity contribution in [2.24, 2.45) is 5.73 Å². The number of amides is 2. The van der Waals surface area contributed by atoms with Crippen molar-refractivity contribution < 1.29 is 9.59 Å². The fraction of sp³-hybridized carbons (Fsp3) is 0.150. The number of benzene rings is 2. The number of carbonyl (C=O) groups excluding carboxylic acids is 2. The Balaban J connectivity index is 1.84. The Morgan fingerprint density at radius 1 is 1.11 bits per heavy atom. The largest absolute Gasteiger partial charge is 0.369 e. The highest BCUT2D eigenvalue weighted by Gasteiger charge is 2.17. The fourth-order valence-corrected chi connectivity index (χ4v) is 3.46. The highest BCUT2D eigenvalue weighted by Crippen LogP contribution is 2.27. The molecule has 0 saturated carbocycles. The van der Waals surface area contributed by atoms with E-state index in [9.17, 15) is 9.59 Å². The van der Waals surface area contributed by atoms with Gasteiger partial charge in [0, 0.05) is 4.90 Å². The van der Waals surface area contributed by atoms with Crippen LogP contribution >= 0.6 is 11.8 Å². The predicted molar refractivity (Wildman–Crippen MR) is 107 cm³/mol. The topological polar surface area (TPSA) is 90.0 Å². The first-order chi connectivity index (χ1) is 13.0. The predicted octanol–water partition coefficient (Wildman–Crippen LogP) is 3.32. The van der Waals surface area contributed by atoms with Gasteiger partial charge in [0.05, 0.1) is 34.6 Å². The molecule has 0 unspecified atom stereocenters. The third-order valence-electron chi connectivity index (χ3n) is 4.10. The smallest absolute Gasteiger partial charge is 0.259 e. The molecule has 6 nitrogen and oxygen atoms in total. The van der Waals surface area contributed by atoms with Crippen LogP contribution in [-0.2, 0) is 4.79 Å². The first-order valence-corrected chi connectivity index (χ1v) is 9.38. The van der Waals surface area contributed by atoms with E-state index in [1.54, 1.807) is 16.9 Å². The molecule has 0 fully saturated rings. The fourth-order valence-electron chi connectivity index (χ4n) is 2.71. The van der Waals surface area contributed by atoms with Gasteiger partial charge in [0.2, 0.25) is 5.91 Å². The van der Waals surface area contributed by atoms with Crippen LogP contribution in [0.1, 0.15) is 21.6 Å². The molecule has 2 amide bonds. The van der Waals surface area contributed by atoms with E-state index in [1.165, 1.54) is 11.8 Å². The average Bonchev–Trinajstić information content (AvgIpc) is 3.02. The van der Waals surface area contributed by atoms with Crippen molar-refractivity contribution in [1.29, 1.82) is 0 Å². The minimum atomic E-state index is -0.406. The van der Waals surface area contributed by atoms with E-state index >= 15 is 0 Å². The second-order valence-electron chi connectivity index (χ2n) is 6.05. The molecule has 7 heteroatoms. The number of para-hydroxylation sites is 2. The zero-order valence-electron chi connectivity index (χ0n) is 15.1. The Labute approximate surface area is 161 Å². The first kappa shape index (κ1) is 18.7. The Morgan fingerprint density at radius 2 is 1.81 bits per heavy atom. The molecule has 3 aromatic rings. The Hall–Kier alpha value is -3.06. The van der Waals surface area contributed by atoms with Gasteiger partial charge in [0.15, 0.2) is 0 Å². The zero-order valence-corrected chi connectivity index (χ0v) is 15.9. The van der Waals surface area contributed by atoms with E-state index in [0.717, 1.165) is 21.8 Å². The Morgan fingerprint density at radius 3 is 2.56 bits per heavy atom. The summed E-state index contributed by atoms with van der Waals surface area (Å²) in [5.74, 6) is -0.507. The Bertz CT molecular complexity index is 997. The molecule has 1 heterocycles. The van der Waals surface area contributed by atoms with Crippen LogP contribution in [0.5, 0.6) is 0 Å². The average molecular weight is 380 g/mol. The van der Waals surface area contributed by atoms with Crippen LogP contribution < -0.4 is 11.1 Å². The van der Waals surface area contributed by atoms with E-state index in [-0.39, 0.29) is 11.7 Å². The number of hydrogen-bond donors (Lipinski definition) is 2. The van der Waals surface area contributed by atoms with Crippen molar-refractivity contribution in [3.05, 3.63) is 71.5 Å². The van der Waals surface area contributed by atoms with Gasteiger partial charge in [0.25, 0.3) is 5.91 Å². The standard InChI is InChI=1S/C20H20N4O2S/c1-13-7-3-5-9-17(13)24-14(2)15(11-22-24)20(26)23-16-8-4-6-10-18(16)27-12-19(21)25/h3-11H,12H2,1-2H3,(H2,21,25)(H,23,26). The number of carbonyl (C=O) groups is 2. The van der Waals surface area contributed by atoms with Crippen molar-refractivity contribution >= 4 is 29.3 Å². The second kappa shape index (κ2) is 8.09. The number of nitrogens with one attached hydrogen (secondary N) is 1. The van der Waals surface area contributed by atoms with Gasteiger partial charge in [-0.3, -0.25) is 9.59 Å². The minimum Gasteiger partial charge on any atom is -0.369 e. The summed E-state index contributed by atoms with van der Waals surface area (Å²) < 4.78 is 1.76. The molecule has 0 aliphatic heterocycles. The molecule has 2 aromatic carbocycles. The number of aryl methyl sites for hydroxylation is 1. The second-order valence-corrected chi connectivity index (χ2v) is 7.06. The molecule has 0 bridgehead atoms. The number of primary amides is 1. The van der Waals surface area contributed by atoms with Crippen molar-refractivity contribution in [1.82, 2.24) is 9.78 Å². The van der Waals surface area contributed by atoms with Crippen LogP contribution in [0.25, 0.3) is 5.69 Å². The van der Waals surface area contributed by atoms with Gasteiger partial charge in [0.1, 0.15) is 0 Å². The van der Waals surface area contributed by atoms with E-state index in [2.05, 4.69) is 10.4 Å². The van der Waals surface area contributed by atoms with Gasteiger partial charge in [-0.2, -0.15) is 5.10 Å². The number of thioether (sulfide) groups is 1.